The number of hydrogen-bond acceptors (Lipinski definition) is 9. The molecule has 0 atom stereocenters. The lowest BCUT2D eigenvalue weighted by Crippen LogP contribution is -2.16. The summed E-state index contributed by atoms with van der Waals surface area (Å²) in [5.41, 5.74) is 6.44. The van der Waals surface area contributed by atoms with Gasteiger partial charge in [0.15, 0.2) is 5.78 Å². The van der Waals surface area contributed by atoms with E-state index >= 15 is 0 Å². The van der Waals surface area contributed by atoms with Gasteiger partial charge in [0, 0.05) is 22.6 Å². The minimum absolute atomic E-state index is 0.00555. The average Bonchev–Trinajstić information content (AvgIpc) is 3.74. The summed E-state index contributed by atoms with van der Waals surface area (Å²) < 4.78 is 22.0. The van der Waals surface area contributed by atoms with E-state index in [4.69, 9.17) is 18.9 Å². The predicted octanol–water partition coefficient (Wildman–Crippen LogP) is 12.3. The van der Waals surface area contributed by atoms with Crippen LogP contribution >= 0.6 is 48.8 Å². The van der Waals surface area contributed by atoms with Crippen molar-refractivity contribution in [1.82, 2.24) is 0 Å². The van der Waals surface area contributed by atoms with E-state index in [1.165, 1.54) is 28.2 Å². The van der Waals surface area contributed by atoms with E-state index in [2.05, 4.69) is 80.7 Å². The second kappa shape index (κ2) is 21.0. The number of ether oxygens (including phenoxy) is 4. The quantitative estimate of drug-likeness (QED) is 0.0999. The van der Waals surface area contributed by atoms with Crippen LogP contribution in [-0.2, 0) is 4.08 Å². The highest BCUT2D eigenvalue weighted by atomic mass is 32.2. The molecule has 0 bridgehead atoms. The molecular weight excluding hydrogens is 761 g/mol. The summed E-state index contributed by atoms with van der Waals surface area (Å²) in [5.74, 6) is 8.75. The zero-order valence-electron chi connectivity index (χ0n) is 31.4. The number of carbonyl (C=O) groups excluding carboxylic acids is 1. The molecular formula is C46H46O5S4. The first-order valence-corrected chi connectivity index (χ1v) is 21.0. The van der Waals surface area contributed by atoms with Crippen molar-refractivity contribution in [2.75, 3.05) is 37.2 Å². The lowest BCUT2D eigenvalue weighted by Gasteiger charge is -2.29. The highest BCUT2D eigenvalue weighted by Gasteiger charge is 2.39. The SMILES string of the molecule is COc1ccc(Oc2ccc(C(=O)c3ccc(C)cc3)cc2)cc1.COc1ccc(Oc2ccc(C3(c4ccc(C)cc4)SCCS3)cc2)cc1.SCCS. The van der Waals surface area contributed by atoms with Crippen molar-refractivity contribution in [2.24, 2.45) is 0 Å². The fraction of sp³-hybridized carbons (Fsp3) is 0.196. The Balaban J connectivity index is 0.000000194. The first-order chi connectivity index (χ1) is 26.8. The third-order valence-corrected chi connectivity index (χ3v) is 12.8. The predicted molar refractivity (Wildman–Crippen MR) is 238 cm³/mol. The number of carbonyl (C=O) groups is 1. The van der Waals surface area contributed by atoms with Crippen LogP contribution in [0.1, 0.15) is 38.2 Å². The van der Waals surface area contributed by atoms with Gasteiger partial charge in [0.25, 0.3) is 0 Å². The molecule has 0 radical (unpaired) electrons. The highest BCUT2D eigenvalue weighted by molar-refractivity contribution is 8.20. The van der Waals surface area contributed by atoms with Crippen LogP contribution < -0.4 is 18.9 Å². The molecule has 6 aromatic rings. The van der Waals surface area contributed by atoms with Gasteiger partial charge in [-0.3, -0.25) is 4.79 Å². The van der Waals surface area contributed by atoms with Gasteiger partial charge < -0.3 is 18.9 Å². The van der Waals surface area contributed by atoms with Crippen molar-refractivity contribution in [2.45, 2.75) is 17.9 Å². The molecule has 0 unspecified atom stereocenters. The van der Waals surface area contributed by atoms with Crippen molar-refractivity contribution < 1.29 is 23.7 Å². The van der Waals surface area contributed by atoms with Gasteiger partial charge in [0.1, 0.15) is 38.6 Å². The van der Waals surface area contributed by atoms with Gasteiger partial charge in [-0.05, 0) is 121 Å². The van der Waals surface area contributed by atoms with Crippen LogP contribution in [0.2, 0.25) is 0 Å². The second-order valence-electron chi connectivity index (χ2n) is 12.4. The Hall–Kier alpha value is -4.41. The minimum atomic E-state index is -0.0215. The molecule has 1 heterocycles. The number of hydrogen-bond donors (Lipinski definition) is 2. The Morgan fingerprint density at radius 2 is 0.782 bits per heavy atom. The summed E-state index contributed by atoms with van der Waals surface area (Å²) in [5, 5.41) is 0. The van der Waals surface area contributed by atoms with E-state index in [9.17, 15) is 4.79 Å². The molecule has 0 aliphatic carbocycles. The van der Waals surface area contributed by atoms with Crippen LogP contribution in [0, 0.1) is 13.8 Å². The topological polar surface area (TPSA) is 54.0 Å². The van der Waals surface area contributed by atoms with Gasteiger partial charge in [-0.25, -0.2) is 0 Å². The maximum atomic E-state index is 12.4. The Morgan fingerprint density at radius 3 is 1.15 bits per heavy atom. The van der Waals surface area contributed by atoms with Gasteiger partial charge in [0.05, 0.1) is 14.2 Å². The Bertz CT molecular complexity index is 2040. The third kappa shape index (κ3) is 11.8. The van der Waals surface area contributed by atoms with Gasteiger partial charge in [-0.15, -0.1) is 23.5 Å². The molecule has 6 aromatic carbocycles. The maximum Gasteiger partial charge on any atom is 0.193 e. The molecule has 5 nitrogen and oxygen atoms in total. The van der Waals surface area contributed by atoms with Gasteiger partial charge in [0.2, 0.25) is 0 Å². The van der Waals surface area contributed by atoms with E-state index in [1.54, 1.807) is 38.5 Å². The van der Waals surface area contributed by atoms with Crippen LogP contribution in [0.3, 0.4) is 0 Å². The number of thiol groups is 2. The summed E-state index contributed by atoms with van der Waals surface area (Å²) in [6, 6.07) is 47.2. The van der Waals surface area contributed by atoms with E-state index in [-0.39, 0.29) is 9.86 Å². The van der Waals surface area contributed by atoms with E-state index in [0.717, 1.165) is 40.1 Å². The smallest absolute Gasteiger partial charge is 0.193 e. The summed E-state index contributed by atoms with van der Waals surface area (Å²) in [6.45, 7) is 4.14. The Labute approximate surface area is 345 Å². The molecule has 55 heavy (non-hydrogen) atoms. The van der Waals surface area contributed by atoms with Crippen LogP contribution in [-0.4, -0.2) is 43.0 Å². The molecule has 1 aliphatic rings. The summed E-state index contributed by atoms with van der Waals surface area (Å²) >= 11 is 11.7. The second-order valence-corrected chi connectivity index (χ2v) is 16.2. The molecule has 0 amide bonds. The van der Waals surface area contributed by atoms with Crippen LogP contribution in [0.5, 0.6) is 34.5 Å². The number of rotatable bonds is 11. The molecule has 7 rings (SSSR count). The number of methoxy groups -OCH3 is 2. The fourth-order valence-electron chi connectivity index (χ4n) is 5.53. The van der Waals surface area contributed by atoms with E-state index < -0.39 is 0 Å². The third-order valence-electron chi connectivity index (χ3n) is 8.48. The van der Waals surface area contributed by atoms with Crippen LogP contribution in [0.15, 0.2) is 146 Å². The molecule has 0 saturated carbocycles. The fourth-order valence-corrected chi connectivity index (χ4v) is 8.82. The van der Waals surface area contributed by atoms with Gasteiger partial charge >= 0.3 is 0 Å². The average molecular weight is 807 g/mol. The standard InChI is InChI=1S/C23H22O2S2.C21H18O3.C2H6S2/c1-17-3-5-18(6-4-17)23(26-15-16-27-23)19-7-9-21(10-8-19)25-22-13-11-20(24-2)12-14-22;1-15-3-5-16(6-4-15)21(22)17-7-9-19(10-8-17)24-20-13-11-18(23-2)12-14-20;3-1-2-4/h3-14H,15-16H2,1-2H3;3-14H,1-2H3;3-4H,1-2H2. The van der Waals surface area contributed by atoms with Gasteiger partial charge in [-0.2, -0.15) is 25.3 Å². The first-order valence-electron chi connectivity index (χ1n) is 17.8. The van der Waals surface area contributed by atoms with Gasteiger partial charge in [-0.1, -0.05) is 71.8 Å². The normalized spacial score (nSPS) is 12.6. The van der Waals surface area contributed by atoms with E-state index in [1.807, 2.05) is 103 Å². The van der Waals surface area contributed by atoms with Crippen LogP contribution in [0.25, 0.3) is 0 Å². The van der Waals surface area contributed by atoms with Crippen molar-refractivity contribution in [3.05, 3.63) is 179 Å². The minimum Gasteiger partial charge on any atom is -0.497 e. The van der Waals surface area contributed by atoms with Crippen molar-refractivity contribution in [1.29, 1.82) is 0 Å². The number of thioether (sulfide) groups is 2. The Morgan fingerprint density at radius 1 is 0.491 bits per heavy atom. The largest absolute Gasteiger partial charge is 0.497 e. The van der Waals surface area contributed by atoms with Crippen molar-refractivity contribution >= 4 is 54.6 Å². The number of ketones is 1. The van der Waals surface area contributed by atoms with E-state index in [0.29, 0.717) is 22.6 Å². The Kier molecular flexibility index (Phi) is 16.0. The molecule has 1 aliphatic heterocycles. The van der Waals surface area contributed by atoms with Crippen molar-refractivity contribution in [3.63, 3.8) is 0 Å². The van der Waals surface area contributed by atoms with Crippen LogP contribution in [0.4, 0.5) is 0 Å². The molecule has 1 fully saturated rings. The first kappa shape index (κ1) is 41.7. The lowest BCUT2D eigenvalue weighted by molar-refractivity contribution is 0.103. The molecule has 1 saturated heterocycles. The summed E-state index contributed by atoms with van der Waals surface area (Å²) in [6.07, 6.45) is 0. The molecule has 0 N–H and O–H groups in total. The lowest BCUT2D eigenvalue weighted by atomic mass is 10.0. The summed E-state index contributed by atoms with van der Waals surface area (Å²) in [4.78, 5) is 12.4. The molecule has 284 valence electrons. The molecule has 0 spiro atoms. The molecule has 9 heteroatoms. The number of benzene rings is 6. The summed E-state index contributed by atoms with van der Waals surface area (Å²) in [7, 11) is 3.29. The number of aryl methyl sites for hydroxylation is 2. The maximum absolute atomic E-state index is 12.4. The zero-order valence-corrected chi connectivity index (χ0v) is 34.9. The monoisotopic (exact) mass is 806 g/mol. The van der Waals surface area contributed by atoms with Crippen molar-refractivity contribution in [3.8, 4) is 34.5 Å². The highest BCUT2D eigenvalue weighted by Crippen LogP contribution is 2.56. The zero-order chi connectivity index (χ0) is 39.0. The molecule has 0 aromatic heterocycles.